The SMILES string of the molecule is NC(=O)c1cc(-c2csc(NC(=O)CCCn3c(=O)oc4ccccc43)n2)c[nH]1. The Morgan fingerprint density at radius 1 is 1.31 bits per heavy atom. The number of amides is 2. The van der Waals surface area contributed by atoms with Crippen molar-refractivity contribution in [2.45, 2.75) is 19.4 Å². The monoisotopic (exact) mass is 411 g/mol. The van der Waals surface area contributed by atoms with Crippen LogP contribution in [0.5, 0.6) is 0 Å². The molecular formula is C19H17N5O4S. The van der Waals surface area contributed by atoms with Gasteiger partial charge in [-0.15, -0.1) is 11.3 Å². The van der Waals surface area contributed by atoms with E-state index in [1.807, 2.05) is 12.1 Å². The number of primary amides is 1. The highest BCUT2D eigenvalue weighted by molar-refractivity contribution is 7.14. The van der Waals surface area contributed by atoms with E-state index in [2.05, 4.69) is 15.3 Å². The summed E-state index contributed by atoms with van der Waals surface area (Å²) in [5, 5.41) is 4.98. The van der Waals surface area contributed by atoms with Gasteiger partial charge in [0, 0.05) is 30.1 Å². The molecule has 0 atom stereocenters. The van der Waals surface area contributed by atoms with Gasteiger partial charge in [0.1, 0.15) is 5.69 Å². The Kier molecular flexibility index (Phi) is 5.00. The van der Waals surface area contributed by atoms with E-state index in [0.717, 1.165) is 0 Å². The van der Waals surface area contributed by atoms with Gasteiger partial charge in [-0.25, -0.2) is 9.78 Å². The summed E-state index contributed by atoms with van der Waals surface area (Å²) in [4.78, 5) is 42.4. The number of aromatic amines is 1. The van der Waals surface area contributed by atoms with Gasteiger partial charge in [-0.1, -0.05) is 12.1 Å². The Labute approximate surface area is 168 Å². The highest BCUT2D eigenvalue weighted by Gasteiger charge is 2.12. The molecule has 0 aliphatic carbocycles. The van der Waals surface area contributed by atoms with Crippen LogP contribution in [0, 0.1) is 0 Å². The van der Waals surface area contributed by atoms with Crippen LogP contribution in [0.4, 0.5) is 5.13 Å². The van der Waals surface area contributed by atoms with Gasteiger partial charge in [0.05, 0.1) is 11.2 Å². The van der Waals surface area contributed by atoms with Crippen molar-refractivity contribution in [3.63, 3.8) is 0 Å². The molecule has 0 aliphatic heterocycles. The number of aromatic nitrogens is 3. The number of hydrogen-bond donors (Lipinski definition) is 3. The Morgan fingerprint density at radius 3 is 2.93 bits per heavy atom. The summed E-state index contributed by atoms with van der Waals surface area (Å²) >= 11 is 1.28. The van der Waals surface area contributed by atoms with Crippen molar-refractivity contribution in [3.8, 4) is 11.3 Å². The van der Waals surface area contributed by atoms with Crippen LogP contribution in [0.25, 0.3) is 22.4 Å². The maximum absolute atomic E-state index is 12.2. The predicted molar refractivity (Wildman–Crippen MR) is 109 cm³/mol. The second-order valence-electron chi connectivity index (χ2n) is 6.34. The van der Waals surface area contributed by atoms with E-state index in [1.54, 1.807) is 29.8 Å². The van der Waals surface area contributed by atoms with Crippen LogP contribution in [-0.2, 0) is 11.3 Å². The summed E-state index contributed by atoms with van der Waals surface area (Å²) in [7, 11) is 0. The zero-order valence-corrected chi connectivity index (χ0v) is 16.0. The number of anilines is 1. The Morgan fingerprint density at radius 2 is 2.14 bits per heavy atom. The summed E-state index contributed by atoms with van der Waals surface area (Å²) in [6, 6.07) is 8.78. The summed E-state index contributed by atoms with van der Waals surface area (Å²) in [6.45, 7) is 0.381. The van der Waals surface area contributed by atoms with Gasteiger partial charge in [0.15, 0.2) is 10.7 Å². The number of carbonyl (C=O) groups excluding carboxylic acids is 2. The Hall–Kier alpha value is -3.66. The summed E-state index contributed by atoms with van der Waals surface area (Å²) < 4.78 is 6.70. The van der Waals surface area contributed by atoms with Gasteiger partial charge < -0.3 is 20.5 Å². The minimum Gasteiger partial charge on any atom is -0.408 e. The number of carbonyl (C=O) groups is 2. The lowest BCUT2D eigenvalue weighted by molar-refractivity contribution is -0.116. The fourth-order valence-electron chi connectivity index (χ4n) is 2.95. The average molecular weight is 411 g/mol. The van der Waals surface area contributed by atoms with Crippen LogP contribution in [0.1, 0.15) is 23.3 Å². The molecule has 0 unspecified atom stereocenters. The number of H-pyrrole nitrogens is 1. The minimum absolute atomic E-state index is 0.196. The molecular weight excluding hydrogens is 394 g/mol. The lowest BCUT2D eigenvalue weighted by atomic mass is 10.2. The van der Waals surface area contributed by atoms with Gasteiger partial charge in [-0.2, -0.15) is 0 Å². The van der Waals surface area contributed by atoms with Gasteiger partial charge in [0.2, 0.25) is 5.91 Å². The Bertz CT molecular complexity index is 1250. The molecule has 0 bridgehead atoms. The summed E-state index contributed by atoms with van der Waals surface area (Å²) in [5.41, 5.74) is 8.10. The molecule has 9 nitrogen and oxygen atoms in total. The van der Waals surface area contributed by atoms with Gasteiger partial charge >= 0.3 is 5.76 Å². The molecule has 1 aromatic carbocycles. The van der Waals surface area contributed by atoms with Gasteiger partial charge in [-0.3, -0.25) is 14.2 Å². The number of hydrogen-bond acceptors (Lipinski definition) is 6. The first-order valence-corrected chi connectivity index (χ1v) is 9.71. The number of oxazole rings is 1. The molecule has 4 aromatic rings. The highest BCUT2D eigenvalue weighted by Crippen LogP contribution is 2.25. The van der Waals surface area contributed by atoms with E-state index in [1.165, 1.54) is 15.9 Å². The first kappa shape index (κ1) is 18.7. The van der Waals surface area contributed by atoms with Crippen LogP contribution in [0.15, 0.2) is 51.1 Å². The van der Waals surface area contributed by atoms with Crippen molar-refractivity contribution in [2.75, 3.05) is 5.32 Å². The first-order valence-electron chi connectivity index (χ1n) is 8.83. The maximum atomic E-state index is 12.2. The van der Waals surface area contributed by atoms with Crippen LogP contribution in [0.2, 0.25) is 0 Å². The molecule has 148 valence electrons. The Balaban J connectivity index is 1.34. The van der Waals surface area contributed by atoms with Gasteiger partial charge in [-0.05, 0) is 24.6 Å². The molecule has 0 fully saturated rings. The van der Waals surface area contributed by atoms with Crippen molar-refractivity contribution in [3.05, 3.63) is 58.2 Å². The van der Waals surface area contributed by atoms with Crippen molar-refractivity contribution in [1.82, 2.24) is 14.5 Å². The average Bonchev–Trinajstić information content (AvgIpc) is 3.40. The zero-order valence-electron chi connectivity index (χ0n) is 15.2. The fourth-order valence-corrected chi connectivity index (χ4v) is 3.69. The van der Waals surface area contributed by atoms with Crippen LogP contribution >= 0.6 is 11.3 Å². The highest BCUT2D eigenvalue weighted by atomic mass is 32.1. The second kappa shape index (κ2) is 7.76. The van der Waals surface area contributed by atoms with Crippen molar-refractivity contribution in [2.24, 2.45) is 5.73 Å². The molecule has 10 heteroatoms. The third kappa shape index (κ3) is 3.97. The largest absolute Gasteiger partial charge is 0.419 e. The molecule has 2 amide bonds. The third-order valence-corrected chi connectivity index (χ3v) is 5.11. The smallest absolute Gasteiger partial charge is 0.408 e. The van der Waals surface area contributed by atoms with Crippen molar-refractivity contribution < 1.29 is 14.0 Å². The van der Waals surface area contributed by atoms with E-state index in [0.29, 0.717) is 46.1 Å². The molecule has 0 saturated carbocycles. The van der Waals surface area contributed by atoms with E-state index < -0.39 is 11.7 Å². The van der Waals surface area contributed by atoms with Crippen molar-refractivity contribution in [1.29, 1.82) is 0 Å². The zero-order chi connectivity index (χ0) is 20.4. The van der Waals surface area contributed by atoms with E-state index in [4.69, 9.17) is 10.2 Å². The number of fused-ring (bicyclic) bond motifs is 1. The topological polar surface area (TPSA) is 136 Å². The van der Waals surface area contributed by atoms with E-state index in [9.17, 15) is 14.4 Å². The maximum Gasteiger partial charge on any atom is 0.419 e. The molecule has 29 heavy (non-hydrogen) atoms. The number of thiazole rings is 1. The third-order valence-electron chi connectivity index (χ3n) is 4.35. The van der Waals surface area contributed by atoms with Gasteiger partial charge in [0.25, 0.3) is 5.91 Å². The first-order chi connectivity index (χ1) is 14.0. The van der Waals surface area contributed by atoms with Crippen molar-refractivity contribution >= 4 is 39.4 Å². The molecule has 4 rings (SSSR count). The lowest BCUT2D eigenvalue weighted by Gasteiger charge is -2.03. The van der Waals surface area contributed by atoms with E-state index >= 15 is 0 Å². The second-order valence-corrected chi connectivity index (χ2v) is 7.20. The predicted octanol–water partition coefficient (Wildman–Crippen LogP) is 2.56. The number of rotatable bonds is 7. The molecule has 0 aliphatic rings. The lowest BCUT2D eigenvalue weighted by Crippen LogP contribution is -2.17. The van der Waals surface area contributed by atoms with Crippen LogP contribution in [0.3, 0.4) is 0 Å². The molecule has 4 N–H and O–H groups in total. The normalized spacial score (nSPS) is 11.0. The fraction of sp³-hybridized carbons (Fsp3) is 0.158. The molecule has 0 spiro atoms. The number of nitrogens with one attached hydrogen (secondary N) is 2. The number of benzene rings is 1. The summed E-state index contributed by atoms with van der Waals surface area (Å²) in [5.74, 6) is -1.18. The quantitative estimate of drug-likeness (QED) is 0.429. The van der Waals surface area contributed by atoms with E-state index in [-0.39, 0.29) is 12.3 Å². The molecule has 0 radical (unpaired) electrons. The molecule has 3 heterocycles. The van der Waals surface area contributed by atoms with Crippen LogP contribution < -0.4 is 16.8 Å². The summed E-state index contributed by atoms with van der Waals surface area (Å²) in [6.07, 6.45) is 2.35. The number of nitrogens with zero attached hydrogens (tertiary/aromatic N) is 2. The number of nitrogens with two attached hydrogens (primary N) is 1. The number of aryl methyl sites for hydroxylation is 1. The molecule has 3 aromatic heterocycles. The minimum atomic E-state index is -0.551. The number of para-hydroxylation sites is 2. The van der Waals surface area contributed by atoms with Crippen LogP contribution in [-0.4, -0.2) is 26.3 Å². The standard InChI is InChI=1S/C19H17N5O4S/c20-17(26)12-8-11(9-21-12)13-10-29-18(22-13)23-16(25)6-3-7-24-14-4-1-2-5-15(14)28-19(24)27/h1-2,4-5,8-10,21H,3,6-7H2,(H2,20,26)(H,22,23,25). The molecule has 0 saturated heterocycles.